The van der Waals surface area contributed by atoms with E-state index >= 15 is 0 Å². The van der Waals surface area contributed by atoms with Gasteiger partial charge in [0.15, 0.2) is 0 Å². The van der Waals surface area contributed by atoms with Crippen LogP contribution in [-0.2, 0) is 26.1 Å². The number of carbonyl (C=O) groups is 1. The number of rotatable bonds is 3. The molecule has 2 aliphatic rings. The average molecular weight is 352 g/mol. The highest BCUT2D eigenvalue weighted by atomic mass is 32.2. The number of para-hydroxylation sites is 1. The smallest absolute Gasteiger partial charge is 0.310 e. The maximum atomic E-state index is 13.4. The van der Waals surface area contributed by atoms with Crippen molar-refractivity contribution in [2.45, 2.75) is 37.5 Å². The number of anilines is 1. The van der Waals surface area contributed by atoms with Gasteiger partial charge in [-0.15, -0.1) is 0 Å². The quantitative estimate of drug-likeness (QED) is 0.838. The Bertz CT molecular complexity index is 704. The Kier molecular flexibility index (Phi) is 5.10. The summed E-state index contributed by atoms with van der Waals surface area (Å²) < 4.78 is 33.1. The molecule has 1 aliphatic carbocycles. The zero-order valence-corrected chi connectivity index (χ0v) is 14.7. The van der Waals surface area contributed by atoms with Crippen LogP contribution in [-0.4, -0.2) is 39.8 Å². The Balaban J connectivity index is 1.98. The first-order valence-corrected chi connectivity index (χ1v) is 9.94. The lowest BCUT2D eigenvalue weighted by Gasteiger charge is -2.34. The molecule has 6 nitrogen and oxygen atoms in total. The van der Waals surface area contributed by atoms with E-state index < -0.39 is 27.2 Å². The molecule has 1 saturated carbocycles. The van der Waals surface area contributed by atoms with Gasteiger partial charge in [0.25, 0.3) is 0 Å². The fraction of sp³-hybridized carbons (Fsp3) is 0.588. The van der Waals surface area contributed by atoms with E-state index in [1.54, 1.807) is 0 Å². The average Bonchev–Trinajstić information content (AvgIpc) is 2.84. The number of carbonyl (C=O) groups excluding carboxylic acids is 1. The molecule has 0 radical (unpaired) electrons. The van der Waals surface area contributed by atoms with Gasteiger partial charge in [-0.1, -0.05) is 31.0 Å². The summed E-state index contributed by atoms with van der Waals surface area (Å²) in [7, 11) is -2.31. The normalized spacial score (nSPS) is 24.8. The van der Waals surface area contributed by atoms with Crippen molar-refractivity contribution in [3.63, 3.8) is 0 Å². The number of hydrogen-bond donors (Lipinski definition) is 1. The van der Waals surface area contributed by atoms with E-state index in [1.165, 1.54) is 11.4 Å². The standard InChI is InChI=1S/C17H24N2O4S/c1-23-17(20)14-7-3-5-9-16(14)24(21,22)19-11-10-18-12-13-6-2-4-8-15(13)19/h2,4,6,8,14,16,18H,3,5,7,9-12H2,1H3. The van der Waals surface area contributed by atoms with Crippen LogP contribution in [0.4, 0.5) is 5.69 Å². The van der Waals surface area contributed by atoms with Crippen molar-refractivity contribution >= 4 is 21.7 Å². The van der Waals surface area contributed by atoms with Crippen LogP contribution in [0.25, 0.3) is 0 Å². The van der Waals surface area contributed by atoms with Crippen molar-refractivity contribution < 1.29 is 17.9 Å². The van der Waals surface area contributed by atoms with Crippen molar-refractivity contribution in [3.05, 3.63) is 29.8 Å². The molecular formula is C17H24N2O4S. The molecule has 1 aromatic carbocycles. The Morgan fingerprint density at radius 3 is 2.79 bits per heavy atom. The summed E-state index contributed by atoms with van der Waals surface area (Å²) in [6.07, 6.45) is 2.77. The van der Waals surface area contributed by atoms with Gasteiger partial charge in [-0.3, -0.25) is 9.10 Å². The monoisotopic (exact) mass is 352 g/mol. The van der Waals surface area contributed by atoms with Crippen molar-refractivity contribution in [2.24, 2.45) is 5.92 Å². The maximum absolute atomic E-state index is 13.4. The van der Waals surface area contributed by atoms with Crippen LogP contribution < -0.4 is 9.62 Å². The molecule has 24 heavy (non-hydrogen) atoms. The lowest BCUT2D eigenvalue weighted by atomic mass is 9.89. The van der Waals surface area contributed by atoms with Crippen molar-refractivity contribution in [2.75, 3.05) is 24.5 Å². The molecule has 2 atom stereocenters. The van der Waals surface area contributed by atoms with Crippen LogP contribution in [0.5, 0.6) is 0 Å². The zero-order chi connectivity index (χ0) is 17.2. The number of ether oxygens (including phenoxy) is 1. The maximum Gasteiger partial charge on any atom is 0.310 e. The van der Waals surface area contributed by atoms with E-state index in [4.69, 9.17) is 4.74 Å². The Hall–Kier alpha value is -1.60. The van der Waals surface area contributed by atoms with Gasteiger partial charge in [0.2, 0.25) is 10.0 Å². The molecular weight excluding hydrogens is 328 g/mol. The summed E-state index contributed by atoms with van der Waals surface area (Å²) in [4.78, 5) is 12.1. The molecule has 132 valence electrons. The fourth-order valence-corrected chi connectivity index (χ4v) is 5.98. The Morgan fingerprint density at radius 2 is 2.00 bits per heavy atom. The van der Waals surface area contributed by atoms with Gasteiger partial charge in [-0.05, 0) is 24.5 Å². The number of esters is 1. The first-order chi connectivity index (χ1) is 11.6. The summed E-state index contributed by atoms with van der Waals surface area (Å²) in [5, 5.41) is 2.55. The molecule has 3 rings (SSSR count). The molecule has 0 spiro atoms. The van der Waals surface area contributed by atoms with Crippen LogP contribution in [0.2, 0.25) is 0 Å². The second-order valence-corrected chi connectivity index (χ2v) is 8.45. The van der Waals surface area contributed by atoms with Crippen LogP contribution >= 0.6 is 0 Å². The van der Waals surface area contributed by atoms with Crippen LogP contribution in [0.1, 0.15) is 31.2 Å². The third-order valence-electron chi connectivity index (χ3n) is 4.96. The van der Waals surface area contributed by atoms with Crippen molar-refractivity contribution in [3.8, 4) is 0 Å². The molecule has 0 amide bonds. The van der Waals surface area contributed by atoms with Crippen molar-refractivity contribution in [1.82, 2.24) is 5.32 Å². The number of benzene rings is 1. The summed E-state index contributed by atoms with van der Waals surface area (Å²) in [6, 6.07) is 7.55. The zero-order valence-electron chi connectivity index (χ0n) is 13.9. The molecule has 0 aromatic heterocycles. The lowest BCUT2D eigenvalue weighted by molar-refractivity contribution is -0.146. The van der Waals surface area contributed by atoms with Crippen LogP contribution in [0.3, 0.4) is 0 Å². The van der Waals surface area contributed by atoms with Gasteiger partial charge in [-0.2, -0.15) is 0 Å². The molecule has 2 unspecified atom stereocenters. The number of sulfonamides is 1. The van der Waals surface area contributed by atoms with Gasteiger partial charge < -0.3 is 10.1 Å². The molecule has 1 fully saturated rings. The Morgan fingerprint density at radius 1 is 1.25 bits per heavy atom. The van der Waals surface area contributed by atoms with Gasteiger partial charge in [0, 0.05) is 19.6 Å². The molecule has 7 heteroatoms. The molecule has 1 heterocycles. The van der Waals surface area contributed by atoms with Gasteiger partial charge in [-0.25, -0.2) is 8.42 Å². The van der Waals surface area contributed by atoms with Crippen LogP contribution in [0.15, 0.2) is 24.3 Å². The second kappa shape index (κ2) is 7.11. The fourth-order valence-electron chi connectivity index (χ4n) is 3.73. The van der Waals surface area contributed by atoms with Crippen molar-refractivity contribution in [1.29, 1.82) is 0 Å². The minimum atomic E-state index is -3.63. The van der Waals surface area contributed by atoms with Gasteiger partial charge in [0.05, 0.1) is 24.0 Å². The number of methoxy groups -OCH3 is 1. The molecule has 0 bridgehead atoms. The topological polar surface area (TPSA) is 75.7 Å². The number of nitrogens with one attached hydrogen (secondary N) is 1. The summed E-state index contributed by atoms with van der Waals surface area (Å²) in [5.41, 5.74) is 1.68. The predicted molar refractivity (Wildman–Crippen MR) is 92.2 cm³/mol. The minimum Gasteiger partial charge on any atom is -0.469 e. The van der Waals surface area contributed by atoms with E-state index in [2.05, 4.69) is 5.32 Å². The molecule has 1 N–H and O–H groups in total. The first kappa shape index (κ1) is 17.2. The largest absolute Gasteiger partial charge is 0.469 e. The minimum absolute atomic E-state index is 0.379. The Labute approximate surface area is 143 Å². The van der Waals surface area contributed by atoms with E-state index in [9.17, 15) is 13.2 Å². The third kappa shape index (κ3) is 3.15. The third-order valence-corrected chi connectivity index (χ3v) is 7.29. The molecule has 1 aromatic rings. The highest BCUT2D eigenvalue weighted by Gasteiger charge is 2.43. The van der Waals surface area contributed by atoms with Gasteiger partial charge in [0.1, 0.15) is 0 Å². The highest BCUT2D eigenvalue weighted by Crippen LogP contribution is 2.35. The molecule has 1 aliphatic heterocycles. The van der Waals surface area contributed by atoms with Gasteiger partial charge >= 0.3 is 5.97 Å². The SMILES string of the molecule is COC(=O)C1CCCCC1S(=O)(=O)N1CCNCc2ccccc21. The van der Waals surface area contributed by atoms with E-state index in [0.717, 1.165) is 24.1 Å². The first-order valence-electron chi connectivity index (χ1n) is 8.43. The number of hydrogen-bond acceptors (Lipinski definition) is 5. The lowest BCUT2D eigenvalue weighted by Crippen LogP contribution is -2.47. The second-order valence-electron chi connectivity index (χ2n) is 6.38. The highest BCUT2D eigenvalue weighted by molar-refractivity contribution is 7.93. The molecule has 0 saturated heterocycles. The summed E-state index contributed by atoms with van der Waals surface area (Å²) in [6.45, 7) is 1.61. The van der Waals surface area contributed by atoms with Crippen LogP contribution in [0, 0.1) is 5.92 Å². The predicted octanol–water partition coefficient (Wildman–Crippen LogP) is 1.66. The summed E-state index contributed by atoms with van der Waals surface area (Å²) in [5.74, 6) is -0.985. The van der Waals surface area contributed by atoms with E-state index in [-0.39, 0.29) is 0 Å². The van der Waals surface area contributed by atoms with E-state index in [1.807, 2.05) is 24.3 Å². The van der Waals surface area contributed by atoms with E-state index in [0.29, 0.717) is 32.5 Å². The number of fused-ring (bicyclic) bond motifs is 1. The summed E-state index contributed by atoms with van der Waals surface area (Å²) >= 11 is 0. The number of nitrogens with zero attached hydrogens (tertiary/aromatic N) is 1.